The Kier molecular flexibility index (Phi) is 3.45. The van der Waals surface area contributed by atoms with Crippen molar-refractivity contribution in [3.8, 4) is 0 Å². The van der Waals surface area contributed by atoms with Gasteiger partial charge in [-0.05, 0) is 23.3 Å². The Bertz CT molecular complexity index is 253. The lowest BCUT2D eigenvalue weighted by atomic mass is 9.91. The second-order valence-electron chi connectivity index (χ2n) is 3.67. The van der Waals surface area contributed by atoms with Gasteiger partial charge in [0.25, 0.3) is 0 Å². The quantitative estimate of drug-likeness (QED) is 0.673. The monoisotopic (exact) mass is 222 g/mol. The number of hydrogen-bond donors (Lipinski definition) is 0. The fourth-order valence-corrected chi connectivity index (χ4v) is 2.39. The number of halogens is 2. The number of hydrogen-bond acceptors (Lipinski definition) is 1. The predicted octanol–water partition coefficient (Wildman–Crippen LogP) is 4.21. The Labute approximate surface area is 87.5 Å². The van der Waals surface area contributed by atoms with Crippen LogP contribution < -0.4 is 0 Å². The Balaban J connectivity index is 2.70. The molecule has 68 valence electrons. The molecule has 0 saturated carbocycles. The van der Waals surface area contributed by atoms with E-state index in [2.05, 4.69) is 13.8 Å². The topological polar surface area (TPSA) is 0 Å². The molecular formula is C9H12Cl2S. The summed E-state index contributed by atoms with van der Waals surface area (Å²) in [5.74, 6) is 0.668. The first-order valence-corrected chi connectivity index (χ1v) is 5.62. The van der Waals surface area contributed by atoms with Gasteiger partial charge in [-0.15, -0.1) is 22.9 Å². The molecule has 0 bridgehead atoms. The van der Waals surface area contributed by atoms with Crippen molar-refractivity contribution >= 4 is 34.5 Å². The maximum absolute atomic E-state index is 5.97. The van der Waals surface area contributed by atoms with E-state index in [4.69, 9.17) is 23.2 Å². The van der Waals surface area contributed by atoms with Crippen LogP contribution in [0.25, 0.3) is 0 Å². The van der Waals surface area contributed by atoms with Crippen LogP contribution in [0.4, 0.5) is 0 Å². The van der Waals surface area contributed by atoms with Gasteiger partial charge in [-0.25, -0.2) is 0 Å². The SMILES string of the molecule is CC(C)(CCl)Cc1sccc1Cl. The van der Waals surface area contributed by atoms with Crippen molar-refractivity contribution in [2.75, 3.05) is 5.88 Å². The van der Waals surface area contributed by atoms with E-state index in [9.17, 15) is 0 Å². The zero-order chi connectivity index (χ0) is 9.19. The molecule has 0 saturated heterocycles. The maximum Gasteiger partial charge on any atom is 0.0545 e. The first-order chi connectivity index (χ1) is 5.55. The van der Waals surface area contributed by atoms with E-state index >= 15 is 0 Å². The van der Waals surface area contributed by atoms with Crippen molar-refractivity contribution < 1.29 is 0 Å². The van der Waals surface area contributed by atoms with Gasteiger partial charge < -0.3 is 0 Å². The van der Waals surface area contributed by atoms with Crippen molar-refractivity contribution in [1.82, 2.24) is 0 Å². The molecule has 0 fully saturated rings. The summed E-state index contributed by atoms with van der Waals surface area (Å²) in [5.41, 5.74) is 0.149. The molecule has 0 aromatic carbocycles. The summed E-state index contributed by atoms with van der Waals surface area (Å²) in [4.78, 5) is 1.24. The van der Waals surface area contributed by atoms with E-state index in [0.717, 1.165) is 11.4 Å². The summed E-state index contributed by atoms with van der Waals surface area (Å²) >= 11 is 13.5. The number of thiophene rings is 1. The van der Waals surface area contributed by atoms with Crippen molar-refractivity contribution in [3.05, 3.63) is 21.3 Å². The maximum atomic E-state index is 5.97. The van der Waals surface area contributed by atoms with Gasteiger partial charge in [-0.3, -0.25) is 0 Å². The number of alkyl halides is 1. The van der Waals surface area contributed by atoms with Gasteiger partial charge in [0.05, 0.1) is 5.02 Å². The second kappa shape index (κ2) is 3.99. The average Bonchev–Trinajstić information content (AvgIpc) is 2.36. The molecule has 0 spiro atoms. The third-order valence-electron chi connectivity index (χ3n) is 1.69. The molecule has 0 aliphatic heterocycles. The molecule has 1 aromatic heterocycles. The smallest absolute Gasteiger partial charge is 0.0545 e. The molecule has 0 radical (unpaired) electrons. The van der Waals surface area contributed by atoms with E-state index in [0.29, 0.717) is 5.88 Å². The zero-order valence-electron chi connectivity index (χ0n) is 7.23. The first kappa shape index (κ1) is 10.4. The third kappa shape index (κ3) is 2.65. The molecule has 0 nitrogen and oxygen atoms in total. The van der Waals surface area contributed by atoms with Crippen molar-refractivity contribution in [1.29, 1.82) is 0 Å². The zero-order valence-corrected chi connectivity index (χ0v) is 9.56. The second-order valence-corrected chi connectivity index (χ2v) is 5.34. The van der Waals surface area contributed by atoms with Gasteiger partial charge in [0.2, 0.25) is 0 Å². The Morgan fingerprint density at radius 3 is 2.58 bits per heavy atom. The largest absolute Gasteiger partial charge is 0.147 e. The molecule has 1 aromatic rings. The molecule has 0 aliphatic rings. The molecule has 1 heterocycles. The van der Waals surface area contributed by atoms with Gasteiger partial charge in [0.1, 0.15) is 0 Å². The summed E-state index contributed by atoms with van der Waals surface area (Å²) in [5, 5.41) is 2.89. The highest BCUT2D eigenvalue weighted by Gasteiger charge is 2.19. The lowest BCUT2D eigenvalue weighted by Gasteiger charge is -2.20. The van der Waals surface area contributed by atoms with Crippen LogP contribution in [0, 0.1) is 5.41 Å². The van der Waals surface area contributed by atoms with Gasteiger partial charge >= 0.3 is 0 Å². The van der Waals surface area contributed by atoms with E-state index in [1.165, 1.54) is 4.88 Å². The van der Waals surface area contributed by atoms with E-state index < -0.39 is 0 Å². The molecule has 0 amide bonds. The van der Waals surface area contributed by atoms with Crippen LogP contribution in [-0.2, 0) is 6.42 Å². The van der Waals surface area contributed by atoms with Crippen LogP contribution in [0.5, 0.6) is 0 Å². The molecule has 0 N–H and O–H groups in total. The lowest BCUT2D eigenvalue weighted by molar-refractivity contribution is 0.422. The van der Waals surface area contributed by atoms with Crippen LogP contribution in [0.1, 0.15) is 18.7 Å². The minimum absolute atomic E-state index is 0.149. The highest BCUT2D eigenvalue weighted by molar-refractivity contribution is 7.10. The van der Waals surface area contributed by atoms with Gasteiger partial charge in [0.15, 0.2) is 0 Å². The summed E-state index contributed by atoms with van der Waals surface area (Å²) in [7, 11) is 0. The Morgan fingerprint density at radius 1 is 1.50 bits per heavy atom. The third-order valence-corrected chi connectivity index (χ3v) is 3.80. The molecule has 0 atom stereocenters. The Morgan fingerprint density at radius 2 is 2.17 bits per heavy atom. The standard InChI is InChI=1S/C9H12Cl2S/c1-9(2,6-10)5-8-7(11)3-4-12-8/h3-4H,5-6H2,1-2H3. The predicted molar refractivity (Wildman–Crippen MR) is 57.5 cm³/mol. The van der Waals surface area contributed by atoms with Gasteiger partial charge in [-0.1, -0.05) is 25.4 Å². The normalized spacial score (nSPS) is 12.0. The van der Waals surface area contributed by atoms with Crippen molar-refractivity contribution in [2.45, 2.75) is 20.3 Å². The molecule has 0 aliphatic carbocycles. The minimum Gasteiger partial charge on any atom is -0.147 e. The molecule has 0 unspecified atom stereocenters. The van der Waals surface area contributed by atoms with Crippen LogP contribution in [0.3, 0.4) is 0 Å². The molecule has 3 heteroatoms. The van der Waals surface area contributed by atoms with Gasteiger partial charge in [0, 0.05) is 10.8 Å². The minimum atomic E-state index is 0.149. The van der Waals surface area contributed by atoms with Crippen LogP contribution >= 0.6 is 34.5 Å². The van der Waals surface area contributed by atoms with Gasteiger partial charge in [-0.2, -0.15) is 0 Å². The fraction of sp³-hybridized carbons (Fsp3) is 0.556. The summed E-state index contributed by atoms with van der Waals surface area (Å²) in [6.07, 6.45) is 0.965. The molecule has 12 heavy (non-hydrogen) atoms. The number of rotatable bonds is 3. The van der Waals surface area contributed by atoms with Crippen LogP contribution in [0.2, 0.25) is 5.02 Å². The molecule has 1 rings (SSSR count). The first-order valence-electron chi connectivity index (χ1n) is 3.83. The van der Waals surface area contributed by atoms with E-state index in [1.54, 1.807) is 11.3 Å². The highest BCUT2D eigenvalue weighted by Crippen LogP contribution is 2.30. The average molecular weight is 223 g/mol. The Hall–Kier alpha value is 0.280. The fourth-order valence-electron chi connectivity index (χ4n) is 0.933. The van der Waals surface area contributed by atoms with Crippen molar-refractivity contribution in [3.63, 3.8) is 0 Å². The van der Waals surface area contributed by atoms with Crippen LogP contribution in [0.15, 0.2) is 11.4 Å². The van der Waals surface area contributed by atoms with Crippen LogP contribution in [-0.4, -0.2) is 5.88 Å². The van der Waals surface area contributed by atoms with E-state index in [1.807, 2.05) is 11.4 Å². The van der Waals surface area contributed by atoms with E-state index in [-0.39, 0.29) is 5.41 Å². The highest BCUT2D eigenvalue weighted by atomic mass is 35.5. The summed E-state index contributed by atoms with van der Waals surface area (Å²) in [6, 6.07) is 1.94. The summed E-state index contributed by atoms with van der Waals surface area (Å²) < 4.78 is 0. The van der Waals surface area contributed by atoms with Crippen molar-refractivity contribution in [2.24, 2.45) is 5.41 Å². The lowest BCUT2D eigenvalue weighted by Crippen LogP contribution is -2.16. The molecular weight excluding hydrogens is 211 g/mol. The summed E-state index contributed by atoms with van der Waals surface area (Å²) in [6.45, 7) is 4.30.